The molecule has 1 heterocycles. The Kier molecular flexibility index (Phi) is 4.95. The molecule has 2 rings (SSSR count). The fourth-order valence-electron chi connectivity index (χ4n) is 1.53. The van der Waals surface area contributed by atoms with Gasteiger partial charge in [-0.05, 0) is 42.5 Å². The Hall–Kier alpha value is -1.89. The van der Waals surface area contributed by atoms with E-state index in [1.165, 1.54) is 12.3 Å². The summed E-state index contributed by atoms with van der Waals surface area (Å²) in [4.78, 5) is 14.8. The Bertz CT molecular complexity index is 671. The van der Waals surface area contributed by atoms with Crippen molar-refractivity contribution >= 4 is 57.8 Å². The maximum Gasteiger partial charge on any atom is 0.267 e. The highest BCUT2D eigenvalue weighted by atomic mass is 35.5. The number of nitrogens with zero attached hydrogens (tertiary/aromatic N) is 1. The SMILES string of the molecule is NC(=O)c1ccc(NC(=S)Nc2cc(Cl)cc(Cl)c2)cn1. The van der Waals surface area contributed by atoms with Crippen molar-refractivity contribution in [2.45, 2.75) is 0 Å². The third-order valence-electron chi connectivity index (χ3n) is 2.39. The van der Waals surface area contributed by atoms with Crippen LogP contribution in [0.4, 0.5) is 11.4 Å². The van der Waals surface area contributed by atoms with Crippen LogP contribution in [0, 0.1) is 0 Å². The van der Waals surface area contributed by atoms with E-state index in [0.717, 1.165) is 0 Å². The number of nitrogens with one attached hydrogen (secondary N) is 2. The molecule has 1 aromatic carbocycles. The molecule has 0 aliphatic heterocycles. The second-order valence-corrected chi connectivity index (χ2v) is 5.31. The van der Waals surface area contributed by atoms with Crippen molar-refractivity contribution in [2.75, 3.05) is 10.6 Å². The van der Waals surface area contributed by atoms with Gasteiger partial charge in [0.05, 0.1) is 11.9 Å². The first kappa shape index (κ1) is 15.5. The van der Waals surface area contributed by atoms with Crippen LogP contribution in [-0.4, -0.2) is 16.0 Å². The van der Waals surface area contributed by atoms with Crippen molar-refractivity contribution in [3.8, 4) is 0 Å². The summed E-state index contributed by atoms with van der Waals surface area (Å²) in [5.41, 5.74) is 6.57. The predicted octanol–water partition coefficient (Wildman–Crippen LogP) is 3.30. The summed E-state index contributed by atoms with van der Waals surface area (Å²) in [6.45, 7) is 0. The summed E-state index contributed by atoms with van der Waals surface area (Å²) in [5, 5.41) is 7.19. The lowest BCUT2D eigenvalue weighted by Gasteiger charge is -2.11. The van der Waals surface area contributed by atoms with Gasteiger partial charge in [0.15, 0.2) is 5.11 Å². The van der Waals surface area contributed by atoms with Crippen molar-refractivity contribution in [3.05, 3.63) is 52.3 Å². The minimum absolute atomic E-state index is 0.182. The van der Waals surface area contributed by atoms with Gasteiger partial charge in [-0.25, -0.2) is 4.98 Å². The van der Waals surface area contributed by atoms with Gasteiger partial charge in [-0.15, -0.1) is 0 Å². The quantitative estimate of drug-likeness (QED) is 0.747. The van der Waals surface area contributed by atoms with Crippen LogP contribution in [0.25, 0.3) is 0 Å². The molecule has 108 valence electrons. The molecule has 0 bridgehead atoms. The largest absolute Gasteiger partial charge is 0.364 e. The zero-order chi connectivity index (χ0) is 15.4. The molecule has 1 aromatic heterocycles. The number of hydrogen-bond donors (Lipinski definition) is 3. The highest BCUT2D eigenvalue weighted by molar-refractivity contribution is 7.80. The number of benzene rings is 1. The van der Waals surface area contributed by atoms with Gasteiger partial charge in [-0.1, -0.05) is 23.2 Å². The summed E-state index contributed by atoms with van der Waals surface area (Å²) in [7, 11) is 0. The first-order valence-electron chi connectivity index (χ1n) is 5.74. The number of primary amides is 1. The van der Waals surface area contributed by atoms with Crippen LogP contribution < -0.4 is 16.4 Å². The summed E-state index contributed by atoms with van der Waals surface area (Å²) in [6.07, 6.45) is 1.46. The monoisotopic (exact) mass is 340 g/mol. The fraction of sp³-hybridized carbons (Fsp3) is 0. The smallest absolute Gasteiger partial charge is 0.267 e. The van der Waals surface area contributed by atoms with Crippen molar-refractivity contribution < 1.29 is 4.79 Å². The van der Waals surface area contributed by atoms with Gasteiger partial charge in [-0.2, -0.15) is 0 Å². The number of anilines is 2. The van der Waals surface area contributed by atoms with E-state index in [2.05, 4.69) is 15.6 Å². The molecule has 0 aliphatic carbocycles. The van der Waals surface area contributed by atoms with Gasteiger partial charge in [0.25, 0.3) is 5.91 Å². The molecule has 0 unspecified atom stereocenters. The summed E-state index contributed by atoms with van der Waals surface area (Å²) in [6, 6.07) is 8.15. The number of rotatable bonds is 3. The van der Waals surface area contributed by atoms with Crippen LogP contribution in [0.15, 0.2) is 36.5 Å². The van der Waals surface area contributed by atoms with Crippen molar-refractivity contribution in [2.24, 2.45) is 5.73 Å². The molecule has 0 radical (unpaired) electrons. The van der Waals surface area contributed by atoms with Crippen LogP contribution in [0.2, 0.25) is 10.0 Å². The second kappa shape index (κ2) is 6.71. The third-order valence-corrected chi connectivity index (χ3v) is 3.03. The minimum Gasteiger partial charge on any atom is -0.364 e. The molecular weight excluding hydrogens is 331 g/mol. The molecule has 2 aromatic rings. The van der Waals surface area contributed by atoms with E-state index >= 15 is 0 Å². The topological polar surface area (TPSA) is 80.0 Å². The molecule has 1 amide bonds. The van der Waals surface area contributed by atoms with Gasteiger partial charge in [0.1, 0.15) is 5.69 Å². The number of amides is 1. The summed E-state index contributed by atoms with van der Waals surface area (Å²) < 4.78 is 0. The van der Waals surface area contributed by atoms with Crippen LogP contribution in [0.3, 0.4) is 0 Å². The average molecular weight is 341 g/mol. The van der Waals surface area contributed by atoms with Gasteiger partial charge in [0.2, 0.25) is 0 Å². The Balaban J connectivity index is 2.02. The van der Waals surface area contributed by atoms with Crippen LogP contribution in [0.1, 0.15) is 10.5 Å². The lowest BCUT2D eigenvalue weighted by atomic mass is 10.3. The fourth-order valence-corrected chi connectivity index (χ4v) is 2.29. The number of pyridine rings is 1. The average Bonchev–Trinajstić information content (AvgIpc) is 2.37. The Morgan fingerprint density at radius 3 is 2.24 bits per heavy atom. The molecule has 0 aliphatic rings. The molecular formula is C13H10Cl2N4OS. The number of hydrogen-bond acceptors (Lipinski definition) is 3. The highest BCUT2D eigenvalue weighted by Crippen LogP contribution is 2.22. The molecule has 0 spiro atoms. The molecule has 5 nitrogen and oxygen atoms in total. The Labute approximate surface area is 136 Å². The van der Waals surface area contributed by atoms with E-state index in [1.54, 1.807) is 24.3 Å². The molecule has 21 heavy (non-hydrogen) atoms. The molecule has 4 N–H and O–H groups in total. The zero-order valence-corrected chi connectivity index (χ0v) is 12.9. The maximum absolute atomic E-state index is 10.9. The van der Waals surface area contributed by atoms with Crippen LogP contribution in [-0.2, 0) is 0 Å². The van der Waals surface area contributed by atoms with Gasteiger partial charge >= 0.3 is 0 Å². The molecule has 0 atom stereocenters. The first-order valence-corrected chi connectivity index (χ1v) is 6.90. The number of thiocarbonyl (C=S) groups is 1. The van der Waals surface area contributed by atoms with E-state index in [4.69, 9.17) is 41.2 Å². The predicted molar refractivity (Wildman–Crippen MR) is 89.1 cm³/mol. The third kappa shape index (κ3) is 4.56. The van der Waals surface area contributed by atoms with Gasteiger partial charge in [-0.3, -0.25) is 4.79 Å². The number of carbonyl (C=O) groups is 1. The Morgan fingerprint density at radius 2 is 1.71 bits per heavy atom. The van der Waals surface area contributed by atoms with Crippen molar-refractivity contribution in [3.63, 3.8) is 0 Å². The number of nitrogens with two attached hydrogens (primary N) is 1. The highest BCUT2D eigenvalue weighted by Gasteiger charge is 2.04. The molecule has 0 saturated heterocycles. The van der Waals surface area contributed by atoms with Crippen LogP contribution >= 0.6 is 35.4 Å². The standard InChI is InChI=1S/C13H10Cl2N4OS/c14-7-3-8(15)5-10(4-7)19-13(21)18-9-1-2-11(12(16)20)17-6-9/h1-6H,(H2,16,20)(H2,18,19,21). The van der Waals surface area contributed by atoms with Crippen LogP contribution in [0.5, 0.6) is 0 Å². The lowest BCUT2D eigenvalue weighted by molar-refractivity contribution is 0.0995. The molecule has 0 fully saturated rings. The number of carbonyl (C=O) groups excluding carboxylic acids is 1. The Morgan fingerprint density at radius 1 is 1.10 bits per heavy atom. The van der Waals surface area contributed by atoms with Crippen molar-refractivity contribution in [1.29, 1.82) is 0 Å². The molecule has 8 heteroatoms. The minimum atomic E-state index is -0.587. The number of halogens is 2. The van der Waals surface area contributed by atoms with E-state index in [0.29, 0.717) is 26.5 Å². The van der Waals surface area contributed by atoms with Gasteiger partial charge < -0.3 is 16.4 Å². The summed E-state index contributed by atoms with van der Waals surface area (Å²) in [5.74, 6) is -0.587. The van der Waals surface area contributed by atoms with E-state index < -0.39 is 5.91 Å². The lowest BCUT2D eigenvalue weighted by Crippen LogP contribution is -2.19. The van der Waals surface area contributed by atoms with E-state index in [9.17, 15) is 4.79 Å². The first-order chi connectivity index (χ1) is 9.94. The second-order valence-electron chi connectivity index (χ2n) is 4.03. The summed E-state index contributed by atoms with van der Waals surface area (Å²) >= 11 is 17.0. The maximum atomic E-state index is 10.9. The molecule has 0 saturated carbocycles. The number of aromatic nitrogens is 1. The van der Waals surface area contributed by atoms with Gasteiger partial charge in [0, 0.05) is 15.7 Å². The van der Waals surface area contributed by atoms with E-state index in [1.807, 2.05) is 0 Å². The normalized spacial score (nSPS) is 10.0. The van der Waals surface area contributed by atoms with Crippen molar-refractivity contribution in [1.82, 2.24) is 4.98 Å². The van der Waals surface area contributed by atoms with E-state index in [-0.39, 0.29) is 5.69 Å². The zero-order valence-electron chi connectivity index (χ0n) is 10.6.